The van der Waals surface area contributed by atoms with Crippen LogP contribution in [0.3, 0.4) is 0 Å². The highest BCUT2D eigenvalue weighted by atomic mass is 32.1. The predicted octanol–water partition coefficient (Wildman–Crippen LogP) is 4.30. The van der Waals surface area contributed by atoms with Crippen LogP contribution in [0.2, 0.25) is 0 Å². The molecule has 2 heterocycles. The number of aromatic amines is 1. The van der Waals surface area contributed by atoms with Crippen molar-refractivity contribution in [2.24, 2.45) is 4.99 Å². The lowest BCUT2D eigenvalue weighted by Gasteiger charge is -2.21. The van der Waals surface area contributed by atoms with Gasteiger partial charge in [0.15, 0.2) is 5.96 Å². The molecular formula is C22H30N6S. The van der Waals surface area contributed by atoms with E-state index >= 15 is 0 Å². The van der Waals surface area contributed by atoms with Crippen LogP contribution >= 0.6 is 11.3 Å². The molecule has 2 N–H and O–H groups in total. The second-order valence-electron chi connectivity index (χ2n) is 7.28. The molecule has 2 aromatic heterocycles. The molecule has 0 aliphatic carbocycles. The molecule has 0 atom stereocenters. The number of aliphatic imine (C=N–C) groups is 1. The molecule has 0 spiro atoms. The number of nitrogens with zero attached hydrogens (tertiary/aromatic N) is 4. The van der Waals surface area contributed by atoms with Crippen molar-refractivity contribution in [1.29, 1.82) is 0 Å². The number of imidazole rings is 1. The van der Waals surface area contributed by atoms with Crippen molar-refractivity contribution in [3.8, 4) is 11.3 Å². The fourth-order valence-corrected chi connectivity index (χ4v) is 3.82. The summed E-state index contributed by atoms with van der Waals surface area (Å²) >= 11 is 1.74. The maximum absolute atomic E-state index is 4.78. The van der Waals surface area contributed by atoms with Gasteiger partial charge >= 0.3 is 0 Å². The highest BCUT2D eigenvalue weighted by molar-refractivity contribution is 7.09. The van der Waals surface area contributed by atoms with Gasteiger partial charge in [-0.25, -0.2) is 9.97 Å². The third-order valence-electron chi connectivity index (χ3n) is 4.49. The number of nitrogens with one attached hydrogen (secondary N) is 2. The Labute approximate surface area is 177 Å². The van der Waals surface area contributed by atoms with Gasteiger partial charge in [-0.2, -0.15) is 0 Å². The standard InChI is InChI=1S/C22H30N6S/c1-5-23-22(24-12-11-18-15-29-21(26-18)16(2)3)28(4)14-20-25-13-19(27-20)17-9-7-6-8-10-17/h6-10,13,15-16H,5,11-12,14H2,1-4H3,(H,23,24)(H,25,27). The van der Waals surface area contributed by atoms with Crippen molar-refractivity contribution in [2.45, 2.75) is 39.7 Å². The van der Waals surface area contributed by atoms with E-state index in [4.69, 9.17) is 9.98 Å². The third-order valence-corrected chi connectivity index (χ3v) is 5.68. The molecule has 154 valence electrons. The van der Waals surface area contributed by atoms with Gasteiger partial charge in [-0.3, -0.25) is 4.99 Å². The number of benzene rings is 1. The molecule has 0 unspecified atom stereocenters. The molecule has 0 fully saturated rings. The first-order valence-electron chi connectivity index (χ1n) is 10.1. The Morgan fingerprint density at radius 3 is 2.76 bits per heavy atom. The molecule has 3 aromatic rings. The molecule has 0 saturated carbocycles. The summed E-state index contributed by atoms with van der Waals surface area (Å²) in [5, 5.41) is 6.71. The van der Waals surface area contributed by atoms with Gasteiger partial charge in [0.1, 0.15) is 5.82 Å². The summed E-state index contributed by atoms with van der Waals surface area (Å²) in [4.78, 5) is 19.5. The molecular weight excluding hydrogens is 380 g/mol. The molecule has 7 heteroatoms. The van der Waals surface area contributed by atoms with Crippen molar-refractivity contribution in [3.63, 3.8) is 0 Å². The van der Waals surface area contributed by atoms with Gasteiger partial charge in [-0.05, 0) is 12.5 Å². The quantitative estimate of drug-likeness (QED) is 0.429. The van der Waals surface area contributed by atoms with Gasteiger partial charge in [0.2, 0.25) is 0 Å². The Balaban J connectivity index is 1.60. The van der Waals surface area contributed by atoms with Gasteiger partial charge in [0.05, 0.1) is 29.1 Å². The first-order valence-corrected chi connectivity index (χ1v) is 11.0. The van der Waals surface area contributed by atoms with Crippen LogP contribution in [0.15, 0.2) is 46.9 Å². The maximum Gasteiger partial charge on any atom is 0.194 e. The lowest BCUT2D eigenvalue weighted by molar-refractivity contribution is 0.464. The van der Waals surface area contributed by atoms with Crippen molar-refractivity contribution in [3.05, 3.63) is 58.4 Å². The third kappa shape index (κ3) is 5.90. The second kappa shape index (κ2) is 10.2. The fourth-order valence-electron chi connectivity index (χ4n) is 2.96. The van der Waals surface area contributed by atoms with Crippen LogP contribution in [-0.4, -0.2) is 45.9 Å². The summed E-state index contributed by atoms with van der Waals surface area (Å²) < 4.78 is 0. The van der Waals surface area contributed by atoms with Gasteiger partial charge in [0.25, 0.3) is 0 Å². The Morgan fingerprint density at radius 2 is 2.07 bits per heavy atom. The number of thiazole rings is 1. The molecule has 29 heavy (non-hydrogen) atoms. The normalized spacial score (nSPS) is 11.8. The number of hydrogen-bond acceptors (Lipinski definition) is 4. The van der Waals surface area contributed by atoms with Gasteiger partial charge in [-0.1, -0.05) is 44.2 Å². The fraction of sp³-hybridized carbons (Fsp3) is 0.409. The summed E-state index contributed by atoms with van der Waals surface area (Å²) in [7, 11) is 2.03. The molecule has 0 aliphatic rings. The predicted molar refractivity (Wildman–Crippen MR) is 121 cm³/mol. The van der Waals surface area contributed by atoms with Crippen LogP contribution in [0.1, 0.15) is 43.2 Å². The minimum atomic E-state index is 0.481. The van der Waals surface area contributed by atoms with Gasteiger partial charge in [0, 0.05) is 37.9 Å². The smallest absolute Gasteiger partial charge is 0.194 e. The molecule has 0 aliphatic heterocycles. The van der Waals surface area contributed by atoms with Crippen molar-refractivity contribution >= 4 is 17.3 Å². The molecule has 3 rings (SSSR count). The molecule has 0 amide bonds. The Morgan fingerprint density at radius 1 is 1.28 bits per heavy atom. The lowest BCUT2D eigenvalue weighted by atomic mass is 10.2. The van der Waals surface area contributed by atoms with Crippen LogP contribution in [0.25, 0.3) is 11.3 Å². The average molecular weight is 411 g/mol. The van der Waals surface area contributed by atoms with E-state index in [9.17, 15) is 0 Å². The zero-order valence-electron chi connectivity index (χ0n) is 17.6. The minimum absolute atomic E-state index is 0.481. The first kappa shape index (κ1) is 21.0. The Kier molecular flexibility index (Phi) is 7.41. The molecule has 0 radical (unpaired) electrons. The number of aromatic nitrogens is 3. The maximum atomic E-state index is 4.78. The number of hydrogen-bond donors (Lipinski definition) is 2. The second-order valence-corrected chi connectivity index (χ2v) is 8.17. The van der Waals surface area contributed by atoms with Crippen molar-refractivity contribution in [1.82, 2.24) is 25.2 Å². The van der Waals surface area contributed by atoms with Crippen LogP contribution in [0.5, 0.6) is 0 Å². The molecule has 1 aromatic carbocycles. The number of H-pyrrole nitrogens is 1. The van der Waals surface area contributed by atoms with Crippen LogP contribution < -0.4 is 5.32 Å². The topological polar surface area (TPSA) is 69.2 Å². The highest BCUT2D eigenvalue weighted by Gasteiger charge is 2.10. The van der Waals surface area contributed by atoms with E-state index in [1.807, 2.05) is 31.4 Å². The van der Waals surface area contributed by atoms with E-state index in [0.29, 0.717) is 19.0 Å². The monoisotopic (exact) mass is 410 g/mol. The van der Waals surface area contributed by atoms with Crippen LogP contribution in [0, 0.1) is 0 Å². The van der Waals surface area contributed by atoms with E-state index in [0.717, 1.165) is 41.7 Å². The number of guanidine groups is 1. The molecule has 6 nitrogen and oxygen atoms in total. The van der Waals surface area contributed by atoms with E-state index in [2.05, 4.69) is 58.5 Å². The van der Waals surface area contributed by atoms with E-state index in [-0.39, 0.29) is 0 Å². The van der Waals surface area contributed by atoms with Crippen LogP contribution in [-0.2, 0) is 13.0 Å². The van der Waals surface area contributed by atoms with Gasteiger partial charge < -0.3 is 15.2 Å². The van der Waals surface area contributed by atoms with Crippen LogP contribution in [0.4, 0.5) is 0 Å². The summed E-state index contributed by atoms with van der Waals surface area (Å²) in [5.74, 6) is 2.28. The molecule has 0 bridgehead atoms. The zero-order valence-corrected chi connectivity index (χ0v) is 18.5. The van der Waals surface area contributed by atoms with E-state index in [1.165, 1.54) is 5.01 Å². The minimum Gasteiger partial charge on any atom is -0.357 e. The Bertz CT molecular complexity index is 912. The van der Waals surface area contributed by atoms with Crippen molar-refractivity contribution in [2.75, 3.05) is 20.1 Å². The SMILES string of the molecule is CCNC(=NCCc1csc(C(C)C)n1)N(C)Cc1ncc(-c2ccccc2)[nH]1. The first-order chi connectivity index (χ1) is 14.1. The average Bonchev–Trinajstić information content (AvgIpc) is 3.38. The van der Waals surface area contributed by atoms with Crippen molar-refractivity contribution < 1.29 is 0 Å². The zero-order chi connectivity index (χ0) is 20.6. The lowest BCUT2D eigenvalue weighted by Crippen LogP contribution is -2.38. The summed E-state index contributed by atoms with van der Waals surface area (Å²) in [6, 6.07) is 10.2. The Hall–Kier alpha value is -2.67. The summed E-state index contributed by atoms with van der Waals surface area (Å²) in [6.45, 7) is 8.63. The van der Waals surface area contributed by atoms with Gasteiger partial charge in [-0.15, -0.1) is 11.3 Å². The van der Waals surface area contributed by atoms with E-state index < -0.39 is 0 Å². The van der Waals surface area contributed by atoms with E-state index in [1.54, 1.807) is 11.3 Å². The molecule has 0 saturated heterocycles. The largest absolute Gasteiger partial charge is 0.357 e. The number of rotatable bonds is 8. The summed E-state index contributed by atoms with van der Waals surface area (Å²) in [6.07, 6.45) is 2.74. The highest BCUT2D eigenvalue weighted by Crippen LogP contribution is 2.19. The summed E-state index contributed by atoms with van der Waals surface area (Å²) in [5.41, 5.74) is 3.29.